The number of unbranched alkanes of at least 4 members (excludes halogenated alkanes) is 1. The lowest BCUT2D eigenvalue weighted by Gasteiger charge is -2.31. The number of hydrogen-bond acceptors (Lipinski definition) is 3. The number of hydrogen-bond donors (Lipinski definition) is 0. The third kappa shape index (κ3) is 6.01. The van der Waals surface area contributed by atoms with Gasteiger partial charge in [-0.15, -0.1) is 0 Å². The van der Waals surface area contributed by atoms with Crippen molar-refractivity contribution in [3.63, 3.8) is 0 Å². The van der Waals surface area contributed by atoms with Crippen molar-refractivity contribution in [1.29, 1.82) is 5.26 Å². The molecule has 0 N–H and O–H groups in total. The van der Waals surface area contributed by atoms with E-state index in [9.17, 15) is 4.79 Å². The van der Waals surface area contributed by atoms with E-state index in [2.05, 4.69) is 6.92 Å². The van der Waals surface area contributed by atoms with Gasteiger partial charge in [-0.1, -0.05) is 32.3 Å². The zero-order valence-electron chi connectivity index (χ0n) is 14.5. The lowest BCUT2D eigenvalue weighted by molar-refractivity contribution is -0.157. The van der Waals surface area contributed by atoms with Gasteiger partial charge in [0.05, 0.1) is 12.0 Å². The van der Waals surface area contributed by atoms with Crippen LogP contribution in [0.3, 0.4) is 0 Å². The molecular formula is C20H31NO2. The van der Waals surface area contributed by atoms with Gasteiger partial charge in [-0.05, 0) is 63.2 Å². The molecule has 0 aromatic carbocycles. The van der Waals surface area contributed by atoms with Gasteiger partial charge in [0.2, 0.25) is 0 Å². The highest BCUT2D eigenvalue weighted by atomic mass is 16.5. The Morgan fingerprint density at radius 2 is 1.83 bits per heavy atom. The van der Waals surface area contributed by atoms with Crippen molar-refractivity contribution in [2.75, 3.05) is 0 Å². The highest BCUT2D eigenvalue weighted by Crippen LogP contribution is 2.33. The number of esters is 1. The number of nitriles is 1. The maximum Gasteiger partial charge on any atom is 0.309 e. The summed E-state index contributed by atoms with van der Waals surface area (Å²) in [5, 5.41) is 8.57. The largest absolute Gasteiger partial charge is 0.462 e. The van der Waals surface area contributed by atoms with Crippen molar-refractivity contribution in [2.24, 2.45) is 17.8 Å². The van der Waals surface area contributed by atoms with Crippen LogP contribution in [-0.2, 0) is 9.53 Å². The molecule has 0 unspecified atom stereocenters. The van der Waals surface area contributed by atoms with Crippen LogP contribution in [0.1, 0.15) is 77.6 Å². The highest BCUT2D eigenvalue weighted by molar-refractivity contribution is 5.72. The third-order valence-electron chi connectivity index (χ3n) is 5.59. The van der Waals surface area contributed by atoms with Crippen molar-refractivity contribution in [3.05, 3.63) is 12.2 Å². The molecule has 0 amide bonds. The first kappa shape index (κ1) is 18.0. The second-order valence-corrected chi connectivity index (χ2v) is 7.32. The Bertz CT molecular complexity index is 421. The Labute approximate surface area is 141 Å². The second-order valence-electron chi connectivity index (χ2n) is 7.32. The molecule has 2 saturated carbocycles. The van der Waals surface area contributed by atoms with E-state index < -0.39 is 0 Å². The molecule has 2 rings (SSSR count). The van der Waals surface area contributed by atoms with Gasteiger partial charge in [0.25, 0.3) is 0 Å². The Morgan fingerprint density at radius 1 is 1.13 bits per heavy atom. The summed E-state index contributed by atoms with van der Waals surface area (Å²) in [5.41, 5.74) is 0. The number of nitrogens with zero attached hydrogens (tertiary/aromatic N) is 1. The van der Waals surface area contributed by atoms with Crippen LogP contribution in [0.2, 0.25) is 0 Å². The molecular weight excluding hydrogens is 286 g/mol. The molecule has 3 nitrogen and oxygen atoms in total. The van der Waals surface area contributed by atoms with Gasteiger partial charge in [-0.25, -0.2) is 0 Å². The molecule has 3 heteroatoms. The standard InChI is InChI=1S/C20H31NO2/c1-2-3-5-16-9-13-19(14-10-16)23-20(22)18-11-7-17(8-12-18)6-4-15-21/h4,6,16-19H,2-3,5,7-14H2,1H3. The van der Waals surface area contributed by atoms with Crippen molar-refractivity contribution >= 4 is 5.97 Å². The first-order valence-corrected chi connectivity index (χ1v) is 9.49. The summed E-state index contributed by atoms with van der Waals surface area (Å²) < 4.78 is 5.79. The van der Waals surface area contributed by atoms with Gasteiger partial charge in [-0.3, -0.25) is 4.79 Å². The van der Waals surface area contributed by atoms with Crippen LogP contribution in [0.25, 0.3) is 0 Å². The van der Waals surface area contributed by atoms with Gasteiger partial charge in [0.15, 0.2) is 0 Å². The average Bonchev–Trinajstić information content (AvgIpc) is 2.59. The minimum atomic E-state index is 0.0321. The minimum Gasteiger partial charge on any atom is -0.462 e. The molecule has 0 saturated heterocycles. The zero-order valence-corrected chi connectivity index (χ0v) is 14.5. The average molecular weight is 317 g/mol. The summed E-state index contributed by atoms with van der Waals surface area (Å²) in [6.07, 6.45) is 16.1. The summed E-state index contributed by atoms with van der Waals surface area (Å²) in [7, 11) is 0. The van der Waals surface area contributed by atoms with Crippen LogP contribution < -0.4 is 0 Å². The van der Waals surface area contributed by atoms with Gasteiger partial charge >= 0.3 is 5.97 Å². The number of ether oxygens (including phenoxy) is 1. The van der Waals surface area contributed by atoms with E-state index in [0.717, 1.165) is 44.4 Å². The van der Waals surface area contributed by atoms with E-state index in [1.807, 2.05) is 12.1 Å². The number of carbonyl (C=O) groups excluding carboxylic acids is 1. The van der Waals surface area contributed by atoms with E-state index >= 15 is 0 Å². The molecule has 2 fully saturated rings. The minimum absolute atomic E-state index is 0.0321. The van der Waals surface area contributed by atoms with Crippen molar-refractivity contribution in [3.8, 4) is 6.07 Å². The molecule has 2 aliphatic rings. The monoisotopic (exact) mass is 317 g/mol. The second kappa shape index (κ2) is 9.75. The number of carbonyl (C=O) groups is 1. The Morgan fingerprint density at radius 3 is 2.43 bits per heavy atom. The molecule has 0 heterocycles. The predicted molar refractivity (Wildman–Crippen MR) is 91.6 cm³/mol. The van der Waals surface area contributed by atoms with Crippen molar-refractivity contribution < 1.29 is 9.53 Å². The predicted octanol–water partition coefficient (Wildman–Crippen LogP) is 5.16. The quantitative estimate of drug-likeness (QED) is 0.502. The summed E-state index contributed by atoms with van der Waals surface area (Å²) in [4.78, 5) is 12.3. The fourth-order valence-corrected chi connectivity index (χ4v) is 4.02. The molecule has 0 aromatic rings. The molecule has 0 aromatic heterocycles. The maximum atomic E-state index is 12.3. The summed E-state index contributed by atoms with van der Waals surface area (Å²) in [6.45, 7) is 2.25. The fourth-order valence-electron chi connectivity index (χ4n) is 4.02. The maximum absolute atomic E-state index is 12.3. The molecule has 0 bridgehead atoms. The molecule has 0 spiro atoms. The van der Waals surface area contributed by atoms with Crippen LogP contribution in [0.15, 0.2) is 12.2 Å². The number of rotatable bonds is 6. The Kier molecular flexibility index (Phi) is 7.65. The molecule has 128 valence electrons. The Hall–Kier alpha value is -1.30. The SMILES string of the molecule is CCCCC1CCC(OC(=O)C2CCC(C=CC#N)CC2)CC1. The molecule has 0 aliphatic heterocycles. The van der Waals surface area contributed by atoms with Crippen LogP contribution in [0, 0.1) is 29.1 Å². The molecule has 2 aliphatic carbocycles. The van der Waals surface area contributed by atoms with Crippen LogP contribution >= 0.6 is 0 Å². The first-order chi connectivity index (χ1) is 11.2. The molecule has 0 atom stereocenters. The van der Waals surface area contributed by atoms with Crippen molar-refractivity contribution in [2.45, 2.75) is 83.7 Å². The van der Waals surface area contributed by atoms with Crippen molar-refractivity contribution in [1.82, 2.24) is 0 Å². The van der Waals surface area contributed by atoms with E-state index in [1.54, 1.807) is 6.08 Å². The van der Waals surface area contributed by atoms with Gasteiger partial charge < -0.3 is 4.74 Å². The van der Waals surface area contributed by atoms with Gasteiger partial charge in [0.1, 0.15) is 6.10 Å². The summed E-state index contributed by atoms with van der Waals surface area (Å²) >= 11 is 0. The van der Waals surface area contributed by atoms with E-state index in [-0.39, 0.29) is 18.0 Å². The Balaban J connectivity index is 1.66. The zero-order chi connectivity index (χ0) is 16.5. The summed E-state index contributed by atoms with van der Waals surface area (Å²) in [5.74, 6) is 1.43. The van der Waals surface area contributed by atoms with Crippen LogP contribution in [-0.4, -0.2) is 12.1 Å². The third-order valence-corrected chi connectivity index (χ3v) is 5.59. The topological polar surface area (TPSA) is 50.1 Å². The smallest absolute Gasteiger partial charge is 0.309 e. The van der Waals surface area contributed by atoms with E-state index in [0.29, 0.717) is 5.92 Å². The van der Waals surface area contributed by atoms with Crippen LogP contribution in [0.4, 0.5) is 0 Å². The highest BCUT2D eigenvalue weighted by Gasteiger charge is 2.30. The molecule has 0 radical (unpaired) electrons. The molecule has 23 heavy (non-hydrogen) atoms. The fraction of sp³-hybridized carbons (Fsp3) is 0.800. The van der Waals surface area contributed by atoms with E-state index in [1.165, 1.54) is 32.1 Å². The summed E-state index contributed by atoms with van der Waals surface area (Å²) in [6, 6.07) is 2.05. The normalized spacial score (nSPS) is 31.7. The lowest BCUT2D eigenvalue weighted by atomic mass is 9.81. The van der Waals surface area contributed by atoms with Gasteiger partial charge in [-0.2, -0.15) is 5.26 Å². The van der Waals surface area contributed by atoms with Gasteiger partial charge in [0, 0.05) is 6.08 Å². The lowest BCUT2D eigenvalue weighted by Crippen LogP contribution is -2.30. The van der Waals surface area contributed by atoms with E-state index in [4.69, 9.17) is 10.00 Å². The number of allylic oxidation sites excluding steroid dienone is 2. The van der Waals surface area contributed by atoms with Crippen LogP contribution in [0.5, 0.6) is 0 Å². The first-order valence-electron chi connectivity index (χ1n) is 9.49.